The van der Waals surface area contributed by atoms with Gasteiger partial charge in [0.15, 0.2) is 17.0 Å². The fraction of sp³-hybridized carbons (Fsp3) is 0.196. The van der Waals surface area contributed by atoms with E-state index in [4.69, 9.17) is 51.1 Å². The number of aromatic amines is 3. The third kappa shape index (κ3) is 18.8. The summed E-state index contributed by atoms with van der Waals surface area (Å²) >= 11 is 0. The molecular formula is C46H46N4O22. The molecule has 0 spiro atoms. The number of benzene rings is 3. The number of para-hydroxylation sites is 3. The number of nitrogens with one attached hydrogen (secondary N) is 3. The highest BCUT2D eigenvalue weighted by Crippen LogP contribution is 2.27. The molecule has 3 heterocycles. The van der Waals surface area contributed by atoms with Gasteiger partial charge in [-0.2, -0.15) is 9.59 Å². The summed E-state index contributed by atoms with van der Waals surface area (Å²) in [6.45, 7) is 3.71. The van der Waals surface area contributed by atoms with Gasteiger partial charge in [-0.15, -0.1) is 0 Å². The fourth-order valence-electron chi connectivity index (χ4n) is 5.95. The lowest BCUT2D eigenvalue weighted by atomic mass is 9.88. The lowest BCUT2D eigenvalue weighted by Crippen LogP contribution is -2.48. The van der Waals surface area contributed by atoms with Crippen molar-refractivity contribution in [2.45, 2.75) is 56.3 Å². The van der Waals surface area contributed by atoms with Crippen molar-refractivity contribution in [2.24, 2.45) is 5.73 Å². The van der Waals surface area contributed by atoms with Gasteiger partial charge in [-0.05, 0) is 41.5 Å². The van der Waals surface area contributed by atoms with E-state index in [1.54, 1.807) is 48.8 Å². The van der Waals surface area contributed by atoms with Gasteiger partial charge in [0.2, 0.25) is 17.3 Å². The van der Waals surface area contributed by atoms with Gasteiger partial charge in [-0.3, -0.25) is 19.2 Å². The highest BCUT2D eigenvalue weighted by atomic mass is 16.4. The van der Waals surface area contributed by atoms with Crippen LogP contribution >= 0.6 is 0 Å². The zero-order valence-corrected chi connectivity index (χ0v) is 37.4. The molecule has 0 saturated heterocycles. The largest absolute Gasteiger partial charge is 0.502 e. The molecule has 0 bridgehead atoms. The predicted octanol–water partition coefficient (Wildman–Crippen LogP) is 1.48. The summed E-state index contributed by atoms with van der Waals surface area (Å²) in [5.74, 6) is -14.2. The van der Waals surface area contributed by atoms with E-state index in [1.807, 2.05) is 36.4 Å². The number of carboxylic acid groups (broad SMARTS) is 7. The molecule has 3 atom stereocenters. The van der Waals surface area contributed by atoms with Gasteiger partial charge >= 0.3 is 47.9 Å². The Morgan fingerprint density at radius 3 is 1.18 bits per heavy atom. The molecule has 0 aliphatic rings. The first-order valence-electron chi connectivity index (χ1n) is 20.0. The third-order valence-electron chi connectivity index (χ3n) is 9.49. The number of aliphatic hydroxyl groups excluding tert-OH is 1. The zero-order valence-electron chi connectivity index (χ0n) is 37.4. The van der Waals surface area contributed by atoms with E-state index in [9.17, 15) is 63.3 Å². The minimum absolute atomic E-state index is 0.0701. The number of carbonyl (C=O) groups excluding carboxylic acids is 5. The third-order valence-corrected chi connectivity index (χ3v) is 9.49. The first-order chi connectivity index (χ1) is 33.5. The van der Waals surface area contributed by atoms with Gasteiger partial charge in [0.25, 0.3) is 0 Å². The molecule has 6 aromatic rings. The number of hydrogen-bond acceptors (Lipinski definition) is 16. The van der Waals surface area contributed by atoms with Gasteiger partial charge in [-0.1, -0.05) is 54.6 Å². The smallest absolute Gasteiger partial charge is 0.373 e. The maximum atomic E-state index is 11.3. The van der Waals surface area contributed by atoms with E-state index in [0.29, 0.717) is 16.5 Å². The average Bonchev–Trinajstić information content (AvgIpc) is 4.04. The summed E-state index contributed by atoms with van der Waals surface area (Å²) in [5.41, 5.74) is 4.94. The van der Waals surface area contributed by atoms with Gasteiger partial charge < -0.3 is 71.8 Å². The molecular weight excluding hydrogens is 961 g/mol. The van der Waals surface area contributed by atoms with Crippen LogP contribution in [0.25, 0.3) is 32.7 Å². The van der Waals surface area contributed by atoms with E-state index in [1.165, 1.54) is 6.20 Å². The summed E-state index contributed by atoms with van der Waals surface area (Å²) in [4.78, 5) is 130. The summed E-state index contributed by atoms with van der Waals surface area (Å²) in [6, 6.07) is 20.3. The number of fused-ring (bicyclic) bond motifs is 3. The van der Waals surface area contributed by atoms with Crippen molar-refractivity contribution in [2.75, 3.05) is 0 Å². The molecule has 3 unspecified atom stereocenters. The quantitative estimate of drug-likeness (QED) is 0.0349. The number of aliphatic hydroxyl groups is 3. The number of hydrogen-bond donors (Lipinski definition) is 14. The van der Waals surface area contributed by atoms with Crippen LogP contribution in [0.1, 0.15) is 36.5 Å². The van der Waals surface area contributed by atoms with Crippen LogP contribution in [0.3, 0.4) is 0 Å². The van der Waals surface area contributed by atoms with Crippen LogP contribution in [0.15, 0.2) is 104 Å². The summed E-state index contributed by atoms with van der Waals surface area (Å²) in [6.07, 6.45) is 2.83. The number of rotatable bonds is 17. The van der Waals surface area contributed by atoms with Crippen molar-refractivity contribution in [1.82, 2.24) is 15.0 Å². The molecule has 6 rings (SSSR count). The molecule has 0 fully saturated rings. The highest BCUT2D eigenvalue weighted by molar-refractivity contribution is 6.34. The standard InChI is InChI=1S/C14H16N2O5.C14H13NO6.C11H9NO3.2C3H4O3.CO2/c15-10(12(17)18)6-14(21,13(19)20)5-8-7-16-11-4-2-1-3-9(8)11;16-11(12(17)18)6-14(21,13(19)20)5-8-7-15-10-4-2-1-3-9(8)10;13-10(11(14)15)5-7-6-12-9-4-2-1-3-8(7)9;2*1-2(4)3(5)6;2-1-3/h1-4,7,10,16,21H,5-6,15H2,(H,17,18)(H,19,20);1-4,7,15,21H,5-6H2,(H,17,18)(H,19,20);1-4,6,12H,5H2,(H,14,15);1H3,(H,5,6);4H,1H2,(H,5,6);. The van der Waals surface area contributed by atoms with Crippen molar-refractivity contribution in [3.63, 3.8) is 0 Å². The molecule has 3 aromatic heterocycles. The van der Waals surface area contributed by atoms with Crippen LogP contribution in [0, 0.1) is 0 Å². The Hall–Kier alpha value is -9.62. The topological polar surface area (TPSA) is 481 Å². The van der Waals surface area contributed by atoms with E-state index in [0.717, 1.165) is 39.8 Å². The molecule has 0 amide bonds. The minimum Gasteiger partial charge on any atom is -0.502 e. The first-order valence-corrected chi connectivity index (χ1v) is 20.0. The van der Waals surface area contributed by atoms with Crippen molar-refractivity contribution < 1.29 is 109 Å². The van der Waals surface area contributed by atoms with Crippen LogP contribution in [-0.4, -0.2) is 149 Å². The monoisotopic (exact) mass is 1010 g/mol. The number of nitrogens with two attached hydrogens (primary N) is 1. The van der Waals surface area contributed by atoms with Gasteiger partial charge in [-0.25, -0.2) is 28.8 Å². The second-order valence-electron chi connectivity index (χ2n) is 14.8. The Bertz CT molecular complexity index is 2950. The first kappa shape index (κ1) is 60.4. The van der Waals surface area contributed by atoms with Crippen molar-refractivity contribution in [1.29, 1.82) is 0 Å². The second-order valence-corrected chi connectivity index (χ2v) is 14.8. The Morgan fingerprint density at radius 2 is 0.875 bits per heavy atom. The Labute approximate surface area is 403 Å². The lowest BCUT2D eigenvalue weighted by Gasteiger charge is -2.24. The van der Waals surface area contributed by atoms with E-state index < -0.39 is 95.0 Å². The normalized spacial score (nSPS) is 12.1. The zero-order chi connectivity index (χ0) is 55.1. The summed E-state index contributed by atoms with van der Waals surface area (Å²) < 4.78 is 0. The second kappa shape index (κ2) is 28.0. The number of carbonyl (C=O) groups is 10. The van der Waals surface area contributed by atoms with E-state index in [-0.39, 0.29) is 25.4 Å². The Kier molecular flexibility index (Phi) is 23.5. The minimum atomic E-state index is -2.46. The SMILES string of the molecule is C=C(O)C(=O)O.CC(=O)C(=O)O.NC(CC(O)(Cc1c[nH]c2ccccc12)C(=O)O)C(=O)O.O=C(O)C(=O)CC(O)(Cc1c[nH]c2ccccc12)C(=O)O.O=C(O)C(=O)Cc1c[nH]c2ccccc12.O=C=O. The molecule has 72 heavy (non-hydrogen) atoms. The lowest BCUT2D eigenvalue weighted by molar-refractivity contribution is -0.192. The number of aliphatic carboxylic acids is 7. The highest BCUT2D eigenvalue weighted by Gasteiger charge is 2.41. The molecule has 382 valence electrons. The Balaban J connectivity index is 0.000000477. The fourth-order valence-corrected chi connectivity index (χ4v) is 5.95. The van der Waals surface area contributed by atoms with Crippen LogP contribution in [-0.2, 0) is 76.8 Å². The molecule has 0 aliphatic heterocycles. The molecule has 15 N–H and O–H groups in total. The molecule has 26 nitrogen and oxygen atoms in total. The van der Waals surface area contributed by atoms with Crippen LogP contribution in [0.2, 0.25) is 0 Å². The number of Topliss-reactive ketones (excluding diaryl/α,β-unsaturated/α-hetero) is 3. The number of ketones is 3. The number of carboxylic acids is 7. The van der Waals surface area contributed by atoms with E-state index in [2.05, 4.69) is 21.5 Å². The van der Waals surface area contributed by atoms with Gasteiger partial charge in [0.1, 0.15) is 6.04 Å². The van der Waals surface area contributed by atoms with Crippen LogP contribution < -0.4 is 5.73 Å². The molecule has 0 saturated carbocycles. The van der Waals surface area contributed by atoms with Gasteiger partial charge in [0, 0.05) is 83.9 Å². The summed E-state index contributed by atoms with van der Waals surface area (Å²) in [5, 5.41) is 90.1. The maximum Gasteiger partial charge on any atom is 0.373 e. The van der Waals surface area contributed by atoms with Crippen molar-refractivity contribution in [3.8, 4) is 0 Å². The van der Waals surface area contributed by atoms with Crippen molar-refractivity contribution >= 4 is 98.0 Å². The molecule has 0 radical (unpaired) electrons. The van der Waals surface area contributed by atoms with Crippen LogP contribution in [0.5, 0.6) is 0 Å². The number of aromatic nitrogens is 3. The Morgan fingerprint density at radius 1 is 0.556 bits per heavy atom. The average molecular weight is 1010 g/mol. The summed E-state index contributed by atoms with van der Waals surface area (Å²) in [7, 11) is 0. The molecule has 3 aromatic carbocycles. The van der Waals surface area contributed by atoms with Gasteiger partial charge in [0.05, 0.1) is 6.42 Å². The molecule has 0 aliphatic carbocycles. The van der Waals surface area contributed by atoms with Crippen molar-refractivity contribution in [3.05, 3.63) is 120 Å². The predicted molar refractivity (Wildman–Crippen MR) is 244 cm³/mol. The van der Waals surface area contributed by atoms with Crippen LogP contribution in [0.4, 0.5) is 0 Å². The maximum absolute atomic E-state index is 11.3. The molecule has 26 heteroatoms. The number of H-pyrrole nitrogens is 3. The van der Waals surface area contributed by atoms with E-state index >= 15 is 0 Å².